The molecule has 1 N–H and O–H groups in total. The third kappa shape index (κ3) is 2.98. The van der Waals surface area contributed by atoms with Gasteiger partial charge < -0.3 is 5.11 Å². The summed E-state index contributed by atoms with van der Waals surface area (Å²) >= 11 is 0. The third-order valence-corrected chi connectivity index (χ3v) is 9.54. The summed E-state index contributed by atoms with van der Waals surface area (Å²) in [5, 5.41) is 19.2. The molecular weight excluding hydrogens is 346 g/mol. The van der Waals surface area contributed by atoms with E-state index in [0.717, 1.165) is 49.0 Å². The molecule has 4 heteroatoms. The van der Waals surface area contributed by atoms with Crippen LogP contribution in [0.1, 0.15) is 71.6 Å². The molecule has 4 saturated carbocycles. The van der Waals surface area contributed by atoms with Crippen molar-refractivity contribution < 1.29 is 5.11 Å². The Morgan fingerprint density at radius 2 is 1.75 bits per heavy atom. The van der Waals surface area contributed by atoms with Crippen molar-refractivity contribution in [3.63, 3.8) is 0 Å². The van der Waals surface area contributed by atoms with Crippen LogP contribution in [0.2, 0.25) is 0 Å². The maximum Gasteiger partial charge on any atom is 0.0817 e. The quantitative estimate of drug-likeness (QED) is 0.759. The number of hydrogen-bond donors (Lipinski definition) is 1. The lowest BCUT2D eigenvalue weighted by Crippen LogP contribution is -2.50. The SMILES string of the molecule is C=C(Cn1nccn1)[C@H]1CC[C@H]2[C@@H]3CC[C@H]4C[C@@](C)(O)CC[C@@H]4[C@H]3CC[C@]12C. The monoisotopic (exact) mass is 383 g/mol. The molecule has 28 heavy (non-hydrogen) atoms. The van der Waals surface area contributed by atoms with Crippen molar-refractivity contribution in [2.24, 2.45) is 40.9 Å². The van der Waals surface area contributed by atoms with Crippen molar-refractivity contribution in [2.75, 3.05) is 0 Å². The molecule has 0 amide bonds. The molecule has 0 aliphatic heterocycles. The molecule has 0 spiro atoms. The fraction of sp³-hybridized carbons (Fsp3) is 0.833. The number of aromatic nitrogens is 3. The van der Waals surface area contributed by atoms with Gasteiger partial charge in [-0.25, -0.2) is 0 Å². The molecule has 0 aromatic carbocycles. The molecule has 4 nitrogen and oxygen atoms in total. The van der Waals surface area contributed by atoms with Gasteiger partial charge in [-0.05, 0) is 106 Å². The van der Waals surface area contributed by atoms with Crippen molar-refractivity contribution in [2.45, 2.75) is 83.8 Å². The molecule has 0 saturated heterocycles. The molecule has 154 valence electrons. The Kier molecular flexibility index (Phi) is 4.50. The molecule has 0 radical (unpaired) electrons. The number of nitrogens with zero attached hydrogens (tertiary/aromatic N) is 3. The summed E-state index contributed by atoms with van der Waals surface area (Å²) in [7, 11) is 0. The van der Waals surface area contributed by atoms with Crippen molar-refractivity contribution in [3.8, 4) is 0 Å². The average molecular weight is 384 g/mol. The molecule has 4 aliphatic carbocycles. The van der Waals surface area contributed by atoms with E-state index in [1.807, 2.05) is 0 Å². The van der Waals surface area contributed by atoms with Crippen LogP contribution in [-0.2, 0) is 6.54 Å². The van der Waals surface area contributed by atoms with Gasteiger partial charge in [0.1, 0.15) is 0 Å². The van der Waals surface area contributed by atoms with Crippen LogP contribution in [0, 0.1) is 40.9 Å². The Morgan fingerprint density at radius 3 is 2.54 bits per heavy atom. The van der Waals surface area contributed by atoms with Crippen molar-refractivity contribution in [3.05, 3.63) is 24.5 Å². The van der Waals surface area contributed by atoms with Crippen LogP contribution in [0.15, 0.2) is 24.5 Å². The van der Waals surface area contributed by atoms with Gasteiger partial charge in [-0.15, -0.1) is 0 Å². The summed E-state index contributed by atoms with van der Waals surface area (Å²) in [6.07, 6.45) is 15.0. The first-order valence-electron chi connectivity index (χ1n) is 11.6. The molecule has 1 heterocycles. The van der Waals surface area contributed by atoms with Gasteiger partial charge in [0.05, 0.1) is 24.5 Å². The lowest BCUT2D eigenvalue weighted by atomic mass is 9.49. The van der Waals surface area contributed by atoms with Crippen LogP contribution < -0.4 is 0 Å². The number of rotatable bonds is 3. The number of allylic oxidation sites excluding steroid dienone is 1. The third-order valence-electron chi connectivity index (χ3n) is 9.54. The summed E-state index contributed by atoms with van der Waals surface area (Å²) in [5.41, 5.74) is 1.34. The van der Waals surface area contributed by atoms with Gasteiger partial charge in [-0.3, -0.25) is 0 Å². The zero-order valence-corrected chi connectivity index (χ0v) is 17.7. The Balaban J connectivity index is 1.32. The van der Waals surface area contributed by atoms with Crippen molar-refractivity contribution >= 4 is 0 Å². The van der Waals surface area contributed by atoms with E-state index in [1.165, 1.54) is 50.5 Å². The largest absolute Gasteiger partial charge is 0.390 e. The standard InChI is InChI=1S/C24H37N3O/c1-16(15-27-25-12-13-26-27)21-6-7-22-20-5-4-17-14-23(2,28)10-8-18(17)19(20)9-11-24(21,22)3/h12-13,17-22,28H,1,4-11,14-15H2,2-3H3/t17-,18-,19+,20+,21+,22-,23-,24+/m0/s1. The average Bonchev–Trinajstić information content (AvgIpc) is 3.27. The van der Waals surface area contributed by atoms with E-state index in [2.05, 4.69) is 30.6 Å². The van der Waals surface area contributed by atoms with E-state index < -0.39 is 5.60 Å². The maximum absolute atomic E-state index is 10.6. The highest BCUT2D eigenvalue weighted by atomic mass is 16.3. The number of aliphatic hydroxyl groups is 1. The van der Waals surface area contributed by atoms with Crippen LogP contribution in [0.25, 0.3) is 0 Å². The Hall–Kier alpha value is -1.16. The zero-order chi connectivity index (χ0) is 19.5. The first-order valence-corrected chi connectivity index (χ1v) is 11.6. The minimum absolute atomic E-state index is 0.409. The Labute approximate surface area is 169 Å². The predicted octanol–water partition coefficient (Wildman–Crippen LogP) is 4.85. The normalized spacial score (nSPS) is 47.8. The predicted molar refractivity (Wildman–Crippen MR) is 110 cm³/mol. The van der Waals surface area contributed by atoms with Gasteiger partial charge in [0.15, 0.2) is 0 Å². The van der Waals surface area contributed by atoms with Crippen LogP contribution in [0.3, 0.4) is 0 Å². The van der Waals surface area contributed by atoms with E-state index in [-0.39, 0.29) is 0 Å². The van der Waals surface area contributed by atoms with Crippen molar-refractivity contribution in [1.29, 1.82) is 0 Å². The van der Waals surface area contributed by atoms with Gasteiger partial charge in [-0.2, -0.15) is 15.0 Å². The zero-order valence-electron chi connectivity index (χ0n) is 17.7. The fourth-order valence-corrected chi connectivity index (χ4v) is 8.37. The molecular formula is C24H37N3O. The molecule has 0 bridgehead atoms. The smallest absolute Gasteiger partial charge is 0.0817 e. The Bertz CT molecular complexity index is 726. The van der Waals surface area contributed by atoms with Gasteiger partial charge in [-0.1, -0.05) is 19.1 Å². The summed E-state index contributed by atoms with van der Waals surface area (Å²) < 4.78 is 0. The first-order chi connectivity index (χ1) is 13.4. The lowest BCUT2D eigenvalue weighted by Gasteiger charge is -2.57. The highest BCUT2D eigenvalue weighted by molar-refractivity contribution is 5.15. The van der Waals surface area contributed by atoms with Crippen LogP contribution in [0.5, 0.6) is 0 Å². The summed E-state index contributed by atoms with van der Waals surface area (Å²) in [6.45, 7) is 9.92. The van der Waals surface area contributed by atoms with E-state index in [1.54, 1.807) is 17.2 Å². The summed E-state index contributed by atoms with van der Waals surface area (Å²) in [5.74, 6) is 4.94. The maximum atomic E-state index is 10.6. The van der Waals surface area contributed by atoms with E-state index in [9.17, 15) is 5.11 Å². The molecule has 0 unspecified atom stereocenters. The summed E-state index contributed by atoms with van der Waals surface area (Å²) in [4.78, 5) is 1.80. The molecule has 4 aliphatic rings. The second-order valence-corrected chi connectivity index (χ2v) is 11.1. The highest BCUT2D eigenvalue weighted by Crippen LogP contribution is 2.65. The highest BCUT2D eigenvalue weighted by Gasteiger charge is 2.57. The van der Waals surface area contributed by atoms with E-state index in [4.69, 9.17) is 0 Å². The number of hydrogen-bond acceptors (Lipinski definition) is 3. The second kappa shape index (κ2) is 6.68. The lowest BCUT2D eigenvalue weighted by molar-refractivity contribution is -0.0979. The van der Waals surface area contributed by atoms with E-state index >= 15 is 0 Å². The summed E-state index contributed by atoms with van der Waals surface area (Å²) in [6, 6.07) is 0. The number of fused-ring (bicyclic) bond motifs is 5. The minimum Gasteiger partial charge on any atom is -0.390 e. The van der Waals surface area contributed by atoms with E-state index in [0.29, 0.717) is 11.3 Å². The molecule has 8 atom stereocenters. The van der Waals surface area contributed by atoms with Crippen LogP contribution in [-0.4, -0.2) is 25.7 Å². The minimum atomic E-state index is -0.409. The molecule has 5 rings (SSSR count). The van der Waals surface area contributed by atoms with Gasteiger partial charge in [0.25, 0.3) is 0 Å². The molecule has 1 aromatic heterocycles. The second-order valence-electron chi connectivity index (χ2n) is 11.1. The van der Waals surface area contributed by atoms with Gasteiger partial charge in [0, 0.05) is 0 Å². The molecule has 4 fully saturated rings. The van der Waals surface area contributed by atoms with Gasteiger partial charge >= 0.3 is 0 Å². The molecule has 1 aromatic rings. The Morgan fingerprint density at radius 1 is 1.00 bits per heavy atom. The topological polar surface area (TPSA) is 50.9 Å². The van der Waals surface area contributed by atoms with Crippen LogP contribution >= 0.6 is 0 Å². The first kappa shape index (κ1) is 18.8. The van der Waals surface area contributed by atoms with Crippen molar-refractivity contribution in [1.82, 2.24) is 15.0 Å². The fourth-order valence-electron chi connectivity index (χ4n) is 8.37. The van der Waals surface area contributed by atoms with Gasteiger partial charge in [0.2, 0.25) is 0 Å². The van der Waals surface area contributed by atoms with Crippen LogP contribution in [0.4, 0.5) is 0 Å².